The molecular formula is C11H14INO. The van der Waals surface area contributed by atoms with Crippen molar-refractivity contribution in [1.29, 1.82) is 0 Å². The Morgan fingerprint density at radius 1 is 1.50 bits per heavy atom. The third-order valence-corrected chi connectivity index (χ3v) is 3.26. The summed E-state index contributed by atoms with van der Waals surface area (Å²) in [7, 11) is 2.11. The molecule has 0 bridgehead atoms. The molecule has 0 radical (unpaired) electrons. The number of ether oxygens (including phenoxy) is 1. The van der Waals surface area contributed by atoms with Crippen LogP contribution in [0.25, 0.3) is 0 Å². The quantitative estimate of drug-likeness (QED) is 0.584. The van der Waals surface area contributed by atoms with Gasteiger partial charge in [-0.05, 0) is 24.6 Å². The summed E-state index contributed by atoms with van der Waals surface area (Å²) in [5.74, 6) is 1.01. The van der Waals surface area contributed by atoms with Crippen molar-refractivity contribution in [3.05, 3.63) is 23.8 Å². The predicted molar refractivity (Wildman–Crippen MR) is 67.6 cm³/mol. The highest BCUT2D eigenvalue weighted by atomic mass is 127. The van der Waals surface area contributed by atoms with Gasteiger partial charge in [-0.1, -0.05) is 28.7 Å². The Morgan fingerprint density at radius 2 is 2.29 bits per heavy atom. The topological polar surface area (TPSA) is 12.5 Å². The fourth-order valence-electron chi connectivity index (χ4n) is 1.62. The Kier molecular flexibility index (Phi) is 2.85. The maximum Gasteiger partial charge on any atom is 0.142 e. The SMILES string of the molecule is CC(I)c1ccc2c(c1)N(C)CCO2. The van der Waals surface area contributed by atoms with E-state index < -0.39 is 0 Å². The van der Waals surface area contributed by atoms with Gasteiger partial charge < -0.3 is 9.64 Å². The van der Waals surface area contributed by atoms with Crippen LogP contribution in [0, 0.1) is 0 Å². The minimum absolute atomic E-state index is 0.549. The Hall–Kier alpha value is -0.450. The predicted octanol–water partition coefficient (Wildman–Crippen LogP) is 3.01. The molecule has 1 aromatic rings. The first kappa shape index (κ1) is 10.1. The molecule has 14 heavy (non-hydrogen) atoms. The highest BCUT2D eigenvalue weighted by molar-refractivity contribution is 14.1. The van der Waals surface area contributed by atoms with E-state index in [1.165, 1.54) is 11.3 Å². The van der Waals surface area contributed by atoms with Crippen LogP contribution >= 0.6 is 22.6 Å². The Labute approximate surface area is 98.4 Å². The Balaban J connectivity index is 2.41. The van der Waals surface area contributed by atoms with Crippen molar-refractivity contribution in [2.24, 2.45) is 0 Å². The van der Waals surface area contributed by atoms with Crippen LogP contribution in [0.15, 0.2) is 18.2 Å². The molecule has 0 fully saturated rings. The summed E-state index contributed by atoms with van der Waals surface area (Å²) < 4.78 is 6.13. The maximum atomic E-state index is 5.58. The zero-order chi connectivity index (χ0) is 10.1. The van der Waals surface area contributed by atoms with Gasteiger partial charge in [0.1, 0.15) is 12.4 Å². The third-order valence-electron chi connectivity index (χ3n) is 2.54. The van der Waals surface area contributed by atoms with E-state index in [1.54, 1.807) is 0 Å². The second-order valence-corrected chi connectivity index (χ2v) is 5.48. The number of hydrogen-bond acceptors (Lipinski definition) is 2. The normalized spacial score (nSPS) is 17.2. The molecule has 2 rings (SSSR count). The summed E-state index contributed by atoms with van der Waals surface area (Å²) in [4.78, 5) is 2.25. The van der Waals surface area contributed by atoms with Crippen molar-refractivity contribution in [3.63, 3.8) is 0 Å². The molecule has 0 aliphatic carbocycles. The minimum Gasteiger partial charge on any atom is -0.490 e. The molecule has 1 atom stereocenters. The van der Waals surface area contributed by atoms with Gasteiger partial charge in [-0.15, -0.1) is 0 Å². The molecule has 1 heterocycles. The van der Waals surface area contributed by atoms with E-state index in [1.807, 2.05) is 0 Å². The average Bonchev–Trinajstić information content (AvgIpc) is 2.18. The molecule has 1 aliphatic heterocycles. The molecule has 0 amide bonds. The number of hydrogen-bond donors (Lipinski definition) is 0. The fraction of sp³-hybridized carbons (Fsp3) is 0.455. The van der Waals surface area contributed by atoms with E-state index in [-0.39, 0.29) is 0 Å². The van der Waals surface area contributed by atoms with Gasteiger partial charge in [-0.25, -0.2) is 0 Å². The van der Waals surface area contributed by atoms with E-state index in [2.05, 4.69) is 59.7 Å². The van der Waals surface area contributed by atoms with E-state index in [0.29, 0.717) is 3.92 Å². The largest absolute Gasteiger partial charge is 0.490 e. The zero-order valence-electron chi connectivity index (χ0n) is 8.46. The Bertz CT molecular complexity index is 338. The van der Waals surface area contributed by atoms with Crippen molar-refractivity contribution in [2.45, 2.75) is 10.8 Å². The van der Waals surface area contributed by atoms with Crippen molar-refractivity contribution in [1.82, 2.24) is 0 Å². The number of anilines is 1. The van der Waals surface area contributed by atoms with Crippen LogP contribution in [-0.4, -0.2) is 20.2 Å². The summed E-state index contributed by atoms with van der Waals surface area (Å²) in [5.41, 5.74) is 2.58. The third kappa shape index (κ3) is 1.82. The molecule has 0 N–H and O–H groups in total. The van der Waals surface area contributed by atoms with E-state index in [4.69, 9.17) is 4.74 Å². The number of halogens is 1. The van der Waals surface area contributed by atoms with Crippen molar-refractivity contribution in [2.75, 3.05) is 25.1 Å². The van der Waals surface area contributed by atoms with E-state index >= 15 is 0 Å². The van der Waals surface area contributed by atoms with Crippen LogP contribution in [0.1, 0.15) is 16.4 Å². The molecule has 1 unspecified atom stereocenters. The molecule has 0 saturated carbocycles. The molecule has 0 aromatic heterocycles. The summed E-state index contributed by atoms with van der Waals surface area (Å²) in [6.45, 7) is 3.97. The van der Waals surface area contributed by atoms with Crippen LogP contribution < -0.4 is 9.64 Å². The zero-order valence-corrected chi connectivity index (χ0v) is 10.6. The van der Waals surface area contributed by atoms with Crippen LogP contribution in [0.3, 0.4) is 0 Å². The first-order valence-corrected chi connectivity index (χ1v) is 6.05. The van der Waals surface area contributed by atoms with Crippen molar-refractivity contribution >= 4 is 28.3 Å². The van der Waals surface area contributed by atoms with Gasteiger partial charge in [-0.2, -0.15) is 0 Å². The van der Waals surface area contributed by atoms with Gasteiger partial charge >= 0.3 is 0 Å². The molecule has 0 spiro atoms. The van der Waals surface area contributed by atoms with Gasteiger partial charge in [-0.3, -0.25) is 0 Å². The van der Waals surface area contributed by atoms with E-state index in [0.717, 1.165) is 18.9 Å². The molecule has 3 heteroatoms. The van der Waals surface area contributed by atoms with Gasteiger partial charge in [0.15, 0.2) is 0 Å². The second kappa shape index (κ2) is 3.96. The maximum absolute atomic E-state index is 5.58. The lowest BCUT2D eigenvalue weighted by molar-refractivity contribution is 0.311. The molecule has 1 aromatic carbocycles. The number of benzene rings is 1. The van der Waals surface area contributed by atoms with Crippen LogP contribution in [-0.2, 0) is 0 Å². The number of rotatable bonds is 1. The number of fused-ring (bicyclic) bond motifs is 1. The van der Waals surface area contributed by atoms with Crippen LogP contribution in [0.4, 0.5) is 5.69 Å². The highest BCUT2D eigenvalue weighted by Gasteiger charge is 2.15. The van der Waals surface area contributed by atoms with Gasteiger partial charge in [0.2, 0.25) is 0 Å². The van der Waals surface area contributed by atoms with Crippen LogP contribution in [0.2, 0.25) is 0 Å². The lowest BCUT2D eigenvalue weighted by Gasteiger charge is -2.28. The monoisotopic (exact) mass is 303 g/mol. The number of likely N-dealkylation sites (N-methyl/N-ethyl adjacent to an activating group) is 1. The van der Waals surface area contributed by atoms with Crippen LogP contribution in [0.5, 0.6) is 5.75 Å². The summed E-state index contributed by atoms with van der Waals surface area (Å²) in [5, 5.41) is 0. The molecular weight excluding hydrogens is 289 g/mol. The second-order valence-electron chi connectivity index (χ2n) is 3.61. The van der Waals surface area contributed by atoms with Gasteiger partial charge in [0, 0.05) is 11.0 Å². The van der Waals surface area contributed by atoms with Gasteiger partial charge in [0.05, 0.1) is 12.2 Å². The fourth-order valence-corrected chi connectivity index (χ4v) is 2.00. The smallest absolute Gasteiger partial charge is 0.142 e. The van der Waals surface area contributed by atoms with E-state index in [9.17, 15) is 0 Å². The highest BCUT2D eigenvalue weighted by Crippen LogP contribution is 2.34. The number of alkyl halides is 1. The first-order valence-electron chi connectivity index (χ1n) is 4.80. The van der Waals surface area contributed by atoms with Gasteiger partial charge in [0.25, 0.3) is 0 Å². The standard InChI is InChI=1S/C11H14INO/c1-8(12)9-3-4-11-10(7-9)13(2)5-6-14-11/h3-4,7-8H,5-6H2,1-2H3. The lowest BCUT2D eigenvalue weighted by atomic mass is 10.1. The summed E-state index contributed by atoms with van der Waals surface area (Å²) in [6.07, 6.45) is 0. The first-order chi connectivity index (χ1) is 6.68. The molecule has 2 nitrogen and oxygen atoms in total. The Morgan fingerprint density at radius 3 is 3.00 bits per heavy atom. The minimum atomic E-state index is 0.549. The van der Waals surface area contributed by atoms with Crippen molar-refractivity contribution in [3.8, 4) is 5.75 Å². The molecule has 76 valence electrons. The number of nitrogens with zero attached hydrogens (tertiary/aromatic N) is 1. The lowest BCUT2D eigenvalue weighted by Crippen LogP contribution is -2.28. The molecule has 1 aliphatic rings. The summed E-state index contributed by atoms with van der Waals surface area (Å²) in [6, 6.07) is 6.45. The van der Waals surface area contributed by atoms with Crippen molar-refractivity contribution < 1.29 is 4.74 Å². The summed E-state index contributed by atoms with van der Waals surface area (Å²) >= 11 is 2.43. The average molecular weight is 303 g/mol. The molecule has 0 saturated heterocycles.